The van der Waals surface area contributed by atoms with E-state index in [9.17, 15) is 0 Å². The van der Waals surface area contributed by atoms with Crippen molar-refractivity contribution in [1.29, 1.82) is 0 Å². The Morgan fingerprint density at radius 3 is 2.33 bits per heavy atom. The minimum atomic E-state index is -0.276. The number of thioether (sulfide) groups is 1. The van der Waals surface area contributed by atoms with Crippen LogP contribution in [0.2, 0.25) is 0 Å². The molecule has 0 aromatic rings. The molecule has 0 amide bonds. The fourth-order valence-corrected chi connectivity index (χ4v) is 1.13. The topological polar surface area (TPSA) is 40.5 Å². The van der Waals surface area contributed by atoms with Gasteiger partial charge in [0, 0.05) is 11.0 Å². The molecule has 2 nitrogen and oxygen atoms in total. The predicted octanol–water partition coefficient (Wildman–Crippen LogP) is 0.481. The third-order valence-corrected chi connectivity index (χ3v) is 2.49. The number of aliphatic hydroxyl groups is 2. The summed E-state index contributed by atoms with van der Waals surface area (Å²) in [7, 11) is 0. The molecule has 0 aliphatic rings. The minimum absolute atomic E-state index is 0.196. The Labute approximate surface area is 60.3 Å². The van der Waals surface area contributed by atoms with Crippen LogP contribution in [0.4, 0.5) is 0 Å². The van der Waals surface area contributed by atoms with Crippen LogP contribution < -0.4 is 0 Å². The summed E-state index contributed by atoms with van der Waals surface area (Å²) >= 11 is 1.58. The van der Waals surface area contributed by atoms with Gasteiger partial charge < -0.3 is 10.2 Å². The third-order valence-electron chi connectivity index (χ3n) is 1.15. The Bertz CT molecular complexity index is 66.1. The number of hydrogen-bond donors (Lipinski definition) is 2. The lowest BCUT2D eigenvalue weighted by atomic mass is 10.3. The van der Waals surface area contributed by atoms with Crippen molar-refractivity contribution in [2.45, 2.75) is 25.2 Å². The van der Waals surface area contributed by atoms with E-state index in [1.807, 2.05) is 6.92 Å². The van der Waals surface area contributed by atoms with E-state index in [2.05, 4.69) is 0 Å². The Balaban J connectivity index is 3.16. The summed E-state index contributed by atoms with van der Waals surface area (Å²) in [5.74, 6) is 0.714. The van der Waals surface area contributed by atoms with Crippen molar-refractivity contribution >= 4 is 11.8 Å². The molecule has 0 fully saturated rings. The number of aliphatic hydroxyl groups excluding tert-OH is 2. The van der Waals surface area contributed by atoms with Crippen LogP contribution in [-0.4, -0.2) is 33.9 Å². The molecule has 0 aromatic heterocycles. The number of rotatable bonds is 4. The molecule has 9 heavy (non-hydrogen) atoms. The maximum absolute atomic E-state index is 8.95. The molecule has 0 aliphatic carbocycles. The quantitative estimate of drug-likeness (QED) is 0.612. The van der Waals surface area contributed by atoms with Crippen LogP contribution >= 0.6 is 11.8 Å². The molecular formula is C6H14O2S. The van der Waals surface area contributed by atoms with Crippen LogP contribution in [-0.2, 0) is 0 Å². The molecule has 2 atom stereocenters. The van der Waals surface area contributed by atoms with Gasteiger partial charge in [-0.25, -0.2) is 0 Å². The lowest BCUT2D eigenvalue weighted by molar-refractivity contribution is 0.196. The van der Waals surface area contributed by atoms with E-state index in [1.165, 1.54) is 0 Å². The monoisotopic (exact) mass is 150 g/mol. The van der Waals surface area contributed by atoms with Crippen LogP contribution in [0.5, 0.6) is 0 Å². The smallest absolute Gasteiger partial charge is 0.0628 e. The zero-order valence-electron chi connectivity index (χ0n) is 5.87. The van der Waals surface area contributed by atoms with Gasteiger partial charge in [0.2, 0.25) is 0 Å². The average Bonchev–Trinajstić information content (AvgIpc) is 1.82. The molecule has 0 radical (unpaired) electrons. The largest absolute Gasteiger partial charge is 0.396 e. The van der Waals surface area contributed by atoms with Crippen LogP contribution in [0, 0.1) is 0 Å². The highest BCUT2D eigenvalue weighted by molar-refractivity contribution is 7.99. The molecule has 2 N–H and O–H groups in total. The Morgan fingerprint density at radius 1 is 1.44 bits per heavy atom. The van der Waals surface area contributed by atoms with Gasteiger partial charge >= 0.3 is 0 Å². The molecule has 0 bridgehead atoms. The third kappa shape index (κ3) is 4.75. The lowest BCUT2D eigenvalue weighted by Crippen LogP contribution is -2.16. The van der Waals surface area contributed by atoms with Gasteiger partial charge in [-0.1, -0.05) is 6.92 Å². The summed E-state index contributed by atoms with van der Waals surface area (Å²) in [5, 5.41) is 17.6. The molecule has 0 rings (SSSR count). The van der Waals surface area contributed by atoms with Gasteiger partial charge in [0.05, 0.1) is 12.7 Å². The fraction of sp³-hybridized carbons (Fsp3) is 1.00. The molecular weight excluding hydrogens is 136 g/mol. The van der Waals surface area contributed by atoms with Crippen molar-refractivity contribution in [3.05, 3.63) is 0 Å². The highest BCUT2D eigenvalue weighted by atomic mass is 32.2. The lowest BCUT2D eigenvalue weighted by Gasteiger charge is -2.12. The zero-order valence-corrected chi connectivity index (χ0v) is 6.69. The Kier molecular flexibility index (Phi) is 5.24. The van der Waals surface area contributed by atoms with Crippen molar-refractivity contribution in [3.63, 3.8) is 0 Å². The van der Waals surface area contributed by atoms with E-state index in [1.54, 1.807) is 18.7 Å². The second-order valence-corrected chi connectivity index (χ2v) is 3.53. The van der Waals surface area contributed by atoms with Crippen molar-refractivity contribution in [3.8, 4) is 0 Å². The summed E-state index contributed by atoms with van der Waals surface area (Å²) in [6.45, 7) is 3.90. The highest BCUT2D eigenvalue weighted by Crippen LogP contribution is 2.12. The highest BCUT2D eigenvalue weighted by Gasteiger charge is 2.06. The normalized spacial score (nSPS) is 17.3. The Hall–Kier alpha value is 0.270. The van der Waals surface area contributed by atoms with Gasteiger partial charge in [-0.3, -0.25) is 0 Å². The average molecular weight is 150 g/mol. The second-order valence-electron chi connectivity index (χ2n) is 2.04. The fourth-order valence-electron chi connectivity index (χ4n) is 0.378. The summed E-state index contributed by atoms with van der Waals surface area (Å²) in [4.78, 5) is 0. The van der Waals surface area contributed by atoms with Crippen molar-refractivity contribution < 1.29 is 10.2 Å². The van der Waals surface area contributed by atoms with Gasteiger partial charge in [0.25, 0.3) is 0 Å². The van der Waals surface area contributed by atoms with E-state index in [-0.39, 0.29) is 18.0 Å². The van der Waals surface area contributed by atoms with Crippen molar-refractivity contribution in [1.82, 2.24) is 0 Å². The number of hydrogen-bond acceptors (Lipinski definition) is 3. The second kappa shape index (κ2) is 5.09. The SMILES string of the molecule is CC(O)C(C)SCCO. The molecule has 56 valence electrons. The zero-order chi connectivity index (χ0) is 7.28. The molecule has 3 heteroatoms. The summed E-state index contributed by atoms with van der Waals surface area (Å²) < 4.78 is 0. The van der Waals surface area contributed by atoms with E-state index in [0.717, 1.165) is 0 Å². The van der Waals surface area contributed by atoms with Gasteiger partial charge in [-0.05, 0) is 6.92 Å². The van der Waals surface area contributed by atoms with Gasteiger partial charge in [-0.2, -0.15) is 11.8 Å². The van der Waals surface area contributed by atoms with Crippen LogP contribution in [0.3, 0.4) is 0 Å². The summed E-state index contributed by atoms with van der Waals surface area (Å²) in [5.41, 5.74) is 0. The first-order valence-electron chi connectivity index (χ1n) is 3.09. The molecule has 0 spiro atoms. The molecule has 0 saturated carbocycles. The Morgan fingerprint density at radius 2 is 2.00 bits per heavy atom. The first-order chi connectivity index (χ1) is 4.18. The van der Waals surface area contributed by atoms with Crippen LogP contribution in [0.1, 0.15) is 13.8 Å². The van der Waals surface area contributed by atoms with Crippen molar-refractivity contribution in [2.75, 3.05) is 12.4 Å². The molecule has 2 unspecified atom stereocenters. The van der Waals surface area contributed by atoms with Gasteiger partial charge in [-0.15, -0.1) is 0 Å². The maximum Gasteiger partial charge on any atom is 0.0628 e. The first kappa shape index (κ1) is 9.27. The van der Waals surface area contributed by atoms with Crippen molar-refractivity contribution in [2.24, 2.45) is 0 Å². The van der Waals surface area contributed by atoms with Gasteiger partial charge in [0.15, 0.2) is 0 Å². The molecule has 0 aromatic carbocycles. The standard InChI is InChI=1S/C6H14O2S/c1-5(8)6(2)9-4-3-7/h5-8H,3-4H2,1-2H3. The molecule has 0 aliphatic heterocycles. The van der Waals surface area contributed by atoms with E-state index < -0.39 is 0 Å². The minimum Gasteiger partial charge on any atom is -0.396 e. The van der Waals surface area contributed by atoms with Crippen LogP contribution in [0.25, 0.3) is 0 Å². The van der Waals surface area contributed by atoms with Crippen LogP contribution in [0.15, 0.2) is 0 Å². The predicted molar refractivity (Wildman–Crippen MR) is 40.7 cm³/mol. The molecule has 0 heterocycles. The van der Waals surface area contributed by atoms with E-state index in [0.29, 0.717) is 5.75 Å². The van der Waals surface area contributed by atoms with E-state index >= 15 is 0 Å². The maximum atomic E-state index is 8.95. The summed E-state index contributed by atoms with van der Waals surface area (Å²) in [6.07, 6.45) is -0.276. The van der Waals surface area contributed by atoms with Gasteiger partial charge in [0.1, 0.15) is 0 Å². The van der Waals surface area contributed by atoms with E-state index in [4.69, 9.17) is 10.2 Å². The first-order valence-corrected chi connectivity index (χ1v) is 4.14. The molecule has 0 saturated heterocycles. The summed E-state index contributed by atoms with van der Waals surface area (Å²) in [6, 6.07) is 0.